The first-order valence-corrected chi connectivity index (χ1v) is 5.69. The number of hydrogen-bond donors (Lipinski definition) is 1. The van der Waals surface area contributed by atoms with E-state index in [0.29, 0.717) is 11.8 Å². The number of rotatable bonds is 6. The summed E-state index contributed by atoms with van der Waals surface area (Å²) < 4.78 is 16.2. The molecular weight excluding hydrogens is 227 g/mol. The first-order chi connectivity index (χ1) is 7.69. The third-order valence-corrected chi connectivity index (χ3v) is 3.00. The largest absolute Gasteiger partial charge is 0.371 e. The standard InChI is InChI=1S/C11H13O4P/c1-2-15-10(8-12)11(13,16-14)9-6-4-3-5-7-9/h3-8,10,13H,2H2,1H3. The van der Waals surface area contributed by atoms with Crippen LogP contribution in [0.2, 0.25) is 0 Å². The first kappa shape index (κ1) is 13.0. The molecule has 0 fully saturated rings. The number of ether oxygens (including phenoxy) is 1. The van der Waals surface area contributed by atoms with Crippen LogP contribution in [-0.4, -0.2) is 24.1 Å². The van der Waals surface area contributed by atoms with Crippen molar-refractivity contribution in [1.29, 1.82) is 0 Å². The van der Waals surface area contributed by atoms with Crippen molar-refractivity contribution in [2.24, 2.45) is 0 Å². The van der Waals surface area contributed by atoms with Crippen LogP contribution in [-0.2, 0) is 19.4 Å². The lowest BCUT2D eigenvalue weighted by atomic mass is 10.0. The summed E-state index contributed by atoms with van der Waals surface area (Å²) in [5.41, 5.74) is 0.386. The van der Waals surface area contributed by atoms with Gasteiger partial charge in [-0.1, -0.05) is 30.3 Å². The van der Waals surface area contributed by atoms with E-state index in [1.807, 2.05) is 0 Å². The molecule has 0 aromatic heterocycles. The van der Waals surface area contributed by atoms with Gasteiger partial charge in [0.2, 0.25) is 5.34 Å². The summed E-state index contributed by atoms with van der Waals surface area (Å²) in [6.45, 7) is 1.96. The Morgan fingerprint density at radius 2 is 2.12 bits per heavy atom. The van der Waals surface area contributed by atoms with Crippen molar-refractivity contribution >= 4 is 14.7 Å². The molecule has 0 saturated carbocycles. The Labute approximate surface area is 95.4 Å². The van der Waals surface area contributed by atoms with Gasteiger partial charge in [0.15, 0.2) is 20.9 Å². The molecule has 1 N–H and O–H groups in total. The second-order valence-electron chi connectivity index (χ2n) is 3.20. The highest BCUT2D eigenvalue weighted by Gasteiger charge is 2.40. The van der Waals surface area contributed by atoms with Crippen LogP contribution >= 0.6 is 8.46 Å². The van der Waals surface area contributed by atoms with Gasteiger partial charge < -0.3 is 14.6 Å². The van der Waals surface area contributed by atoms with Gasteiger partial charge in [0.1, 0.15) is 0 Å². The van der Waals surface area contributed by atoms with Crippen LogP contribution < -0.4 is 0 Å². The molecule has 16 heavy (non-hydrogen) atoms. The van der Waals surface area contributed by atoms with Gasteiger partial charge in [0, 0.05) is 6.61 Å². The Kier molecular flexibility index (Phi) is 4.74. The van der Waals surface area contributed by atoms with Crippen LogP contribution in [0.4, 0.5) is 0 Å². The fourth-order valence-corrected chi connectivity index (χ4v) is 1.88. The predicted molar refractivity (Wildman–Crippen MR) is 59.4 cm³/mol. The fourth-order valence-electron chi connectivity index (χ4n) is 1.38. The van der Waals surface area contributed by atoms with Crippen LogP contribution in [0.25, 0.3) is 0 Å². The van der Waals surface area contributed by atoms with Crippen molar-refractivity contribution in [3.8, 4) is 0 Å². The lowest BCUT2D eigenvalue weighted by molar-refractivity contribution is -0.129. The molecule has 1 aromatic carbocycles. The number of aliphatic hydroxyl groups is 1. The Hall–Kier alpha value is -1.09. The van der Waals surface area contributed by atoms with E-state index in [-0.39, 0.29) is 6.61 Å². The number of carbonyl (C=O) groups is 1. The molecule has 0 aliphatic carbocycles. The number of aldehydes is 1. The average molecular weight is 240 g/mol. The summed E-state index contributed by atoms with van der Waals surface area (Å²) in [6.07, 6.45) is -0.680. The maximum absolute atomic E-state index is 11.1. The molecule has 1 aromatic rings. The third-order valence-electron chi connectivity index (χ3n) is 2.20. The van der Waals surface area contributed by atoms with Crippen molar-refractivity contribution in [1.82, 2.24) is 0 Å². The maximum Gasteiger partial charge on any atom is 0.203 e. The Morgan fingerprint density at radius 1 is 1.50 bits per heavy atom. The molecule has 0 radical (unpaired) electrons. The van der Waals surface area contributed by atoms with Crippen LogP contribution in [0.15, 0.2) is 30.3 Å². The van der Waals surface area contributed by atoms with Gasteiger partial charge >= 0.3 is 0 Å². The summed E-state index contributed by atoms with van der Waals surface area (Å²) in [5, 5.41) is 8.38. The first-order valence-electron chi connectivity index (χ1n) is 4.88. The summed E-state index contributed by atoms with van der Waals surface area (Å²) in [6, 6.07) is 8.35. The molecule has 2 unspecified atom stereocenters. The molecule has 86 valence electrons. The number of carbonyl (C=O) groups excluding carboxylic acids is 1. The second kappa shape index (κ2) is 5.85. The zero-order valence-electron chi connectivity index (χ0n) is 8.87. The van der Waals surface area contributed by atoms with E-state index in [1.54, 1.807) is 37.3 Å². The van der Waals surface area contributed by atoms with E-state index in [4.69, 9.17) is 4.74 Å². The van der Waals surface area contributed by atoms with Gasteiger partial charge in [-0.05, 0) is 12.5 Å². The van der Waals surface area contributed by atoms with E-state index in [9.17, 15) is 14.5 Å². The lowest BCUT2D eigenvalue weighted by Gasteiger charge is -2.26. The van der Waals surface area contributed by atoms with Gasteiger partial charge in [-0.2, -0.15) is 0 Å². The maximum atomic E-state index is 11.1. The van der Waals surface area contributed by atoms with Crippen molar-refractivity contribution in [2.75, 3.05) is 6.61 Å². The third kappa shape index (κ3) is 2.53. The predicted octanol–water partition coefficient (Wildman–Crippen LogP) is 1.73. The van der Waals surface area contributed by atoms with Crippen LogP contribution in [0.3, 0.4) is 0 Å². The molecule has 2 atom stereocenters. The lowest BCUT2D eigenvalue weighted by Crippen LogP contribution is -2.37. The van der Waals surface area contributed by atoms with E-state index < -0.39 is 19.9 Å². The summed E-state index contributed by atoms with van der Waals surface area (Å²) in [4.78, 5) is 10.8. The SMILES string of the molecule is CCOC(C=O)C(O)(P=O)c1ccccc1. The minimum Gasteiger partial charge on any atom is -0.371 e. The average Bonchev–Trinajstić information content (AvgIpc) is 2.36. The minimum absolute atomic E-state index is 0.258. The molecule has 0 heterocycles. The Bertz CT molecular complexity index is 354. The topological polar surface area (TPSA) is 63.6 Å². The van der Waals surface area contributed by atoms with Crippen molar-refractivity contribution in [3.05, 3.63) is 35.9 Å². The van der Waals surface area contributed by atoms with Crippen LogP contribution in [0.5, 0.6) is 0 Å². The second-order valence-corrected chi connectivity index (χ2v) is 4.06. The minimum atomic E-state index is -1.82. The molecule has 0 spiro atoms. The van der Waals surface area contributed by atoms with Gasteiger partial charge in [0.05, 0.1) is 0 Å². The molecule has 5 heteroatoms. The normalized spacial score (nSPS) is 16.6. The molecule has 0 amide bonds. The zero-order valence-corrected chi connectivity index (χ0v) is 9.76. The highest BCUT2D eigenvalue weighted by atomic mass is 31.1. The van der Waals surface area contributed by atoms with Crippen molar-refractivity contribution in [2.45, 2.75) is 18.4 Å². The number of benzene rings is 1. The molecule has 1 rings (SSSR count). The summed E-state index contributed by atoms with van der Waals surface area (Å²) in [5.74, 6) is 0. The van der Waals surface area contributed by atoms with E-state index in [1.165, 1.54) is 0 Å². The monoisotopic (exact) mass is 240 g/mol. The number of hydrogen-bond acceptors (Lipinski definition) is 4. The smallest absolute Gasteiger partial charge is 0.203 e. The highest BCUT2D eigenvalue weighted by Crippen LogP contribution is 2.36. The molecular formula is C11H13O4P. The van der Waals surface area contributed by atoms with Gasteiger partial charge in [-0.15, -0.1) is 0 Å². The van der Waals surface area contributed by atoms with Crippen molar-refractivity contribution in [3.63, 3.8) is 0 Å². The molecule has 0 aliphatic heterocycles. The Morgan fingerprint density at radius 3 is 2.56 bits per heavy atom. The van der Waals surface area contributed by atoms with Crippen molar-refractivity contribution < 1.29 is 19.2 Å². The van der Waals surface area contributed by atoms with E-state index in [0.717, 1.165) is 0 Å². The van der Waals surface area contributed by atoms with E-state index >= 15 is 0 Å². The quantitative estimate of drug-likeness (QED) is 0.607. The Balaban J connectivity index is 3.09. The zero-order chi connectivity index (χ0) is 12.0. The highest BCUT2D eigenvalue weighted by molar-refractivity contribution is 7.25. The van der Waals surface area contributed by atoms with Crippen LogP contribution in [0.1, 0.15) is 12.5 Å². The van der Waals surface area contributed by atoms with Gasteiger partial charge in [-0.3, -0.25) is 4.57 Å². The molecule has 0 aliphatic rings. The molecule has 4 nitrogen and oxygen atoms in total. The van der Waals surface area contributed by atoms with E-state index in [2.05, 4.69) is 0 Å². The summed E-state index contributed by atoms with van der Waals surface area (Å²) in [7, 11) is -0.564. The fraction of sp³-hybridized carbons (Fsp3) is 0.364. The van der Waals surface area contributed by atoms with Gasteiger partial charge in [0.25, 0.3) is 0 Å². The molecule has 0 bridgehead atoms. The molecule has 0 saturated heterocycles. The van der Waals surface area contributed by atoms with Crippen LogP contribution in [0, 0.1) is 0 Å². The van der Waals surface area contributed by atoms with Gasteiger partial charge in [-0.25, -0.2) is 0 Å². The summed E-state index contributed by atoms with van der Waals surface area (Å²) >= 11 is 0.